The molecule has 0 aliphatic carbocycles. The van der Waals surface area contributed by atoms with Gasteiger partial charge in [0.15, 0.2) is 0 Å². The first-order valence-corrected chi connectivity index (χ1v) is 9.10. The Bertz CT molecular complexity index is 588. The zero-order valence-corrected chi connectivity index (χ0v) is 15.9. The van der Waals surface area contributed by atoms with E-state index in [2.05, 4.69) is 5.32 Å². The van der Waals surface area contributed by atoms with Crippen LogP contribution in [0.3, 0.4) is 0 Å². The highest BCUT2D eigenvalue weighted by atomic mass is 35.5. The molecule has 0 unspecified atom stereocenters. The van der Waals surface area contributed by atoms with Crippen molar-refractivity contribution in [1.29, 1.82) is 0 Å². The summed E-state index contributed by atoms with van der Waals surface area (Å²) in [6, 6.07) is 7.44. The summed E-state index contributed by atoms with van der Waals surface area (Å²) < 4.78 is 5.39. The first-order chi connectivity index (χ1) is 11.7. The molecular weight excluding hydrogens is 340 g/mol. The average Bonchev–Trinajstić information content (AvgIpc) is 2.53. The number of hydrogen-bond donors (Lipinski definition) is 1. The lowest BCUT2D eigenvalue weighted by molar-refractivity contribution is -0.122. The quantitative estimate of drug-likeness (QED) is 0.876. The van der Waals surface area contributed by atoms with Crippen molar-refractivity contribution < 1.29 is 14.3 Å². The molecule has 25 heavy (non-hydrogen) atoms. The molecule has 1 aliphatic heterocycles. The largest absolute Gasteiger partial charge is 0.444 e. The van der Waals surface area contributed by atoms with Gasteiger partial charge in [-0.1, -0.05) is 23.7 Å². The predicted octanol–water partition coefficient (Wildman–Crippen LogP) is 3.99. The molecule has 1 aromatic rings. The van der Waals surface area contributed by atoms with E-state index in [9.17, 15) is 9.59 Å². The van der Waals surface area contributed by atoms with Crippen LogP contribution in [-0.4, -0.2) is 35.6 Å². The number of halogens is 1. The number of benzene rings is 1. The number of ether oxygens (including phenoxy) is 1. The van der Waals surface area contributed by atoms with Crippen molar-refractivity contribution in [2.75, 3.05) is 13.1 Å². The molecule has 1 fully saturated rings. The Labute approximate surface area is 154 Å². The molecule has 0 bridgehead atoms. The van der Waals surface area contributed by atoms with Crippen LogP contribution in [0.1, 0.15) is 45.6 Å². The lowest BCUT2D eigenvalue weighted by atomic mass is 9.93. The van der Waals surface area contributed by atoms with Crippen LogP contribution in [0.2, 0.25) is 5.02 Å². The number of amides is 2. The molecule has 0 aromatic heterocycles. The number of hydrogen-bond acceptors (Lipinski definition) is 3. The van der Waals surface area contributed by atoms with Gasteiger partial charge in [0.05, 0.1) is 0 Å². The van der Waals surface area contributed by atoms with Gasteiger partial charge in [0.1, 0.15) is 5.60 Å². The van der Waals surface area contributed by atoms with Crippen LogP contribution >= 0.6 is 11.6 Å². The van der Waals surface area contributed by atoms with Crippen molar-refractivity contribution in [1.82, 2.24) is 10.2 Å². The fraction of sp³-hybridized carbons (Fsp3) is 0.579. The van der Waals surface area contributed by atoms with Gasteiger partial charge in [-0.2, -0.15) is 0 Å². The van der Waals surface area contributed by atoms with Gasteiger partial charge in [0.2, 0.25) is 5.91 Å². The number of carbonyl (C=O) groups is 2. The highest BCUT2D eigenvalue weighted by Crippen LogP contribution is 2.22. The van der Waals surface area contributed by atoms with E-state index in [1.807, 2.05) is 45.0 Å². The van der Waals surface area contributed by atoms with E-state index >= 15 is 0 Å². The van der Waals surface area contributed by atoms with Crippen molar-refractivity contribution in [2.24, 2.45) is 5.92 Å². The molecule has 5 nitrogen and oxygen atoms in total. The van der Waals surface area contributed by atoms with Crippen LogP contribution in [0.15, 0.2) is 24.3 Å². The Hall–Kier alpha value is -1.75. The molecule has 0 radical (unpaired) electrons. The predicted molar refractivity (Wildman–Crippen MR) is 98.4 cm³/mol. The minimum Gasteiger partial charge on any atom is -0.444 e. The van der Waals surface area contributed by atoms with Gasteiger partial charge in [0.25, 0.3) is 0 Å². The summed E-state index contributed by atoms with van der Waals surface area (Å²) in [6.07, 6.45) is 1.88. The summed E-state index contributed by atoms with van der Waals surface area (Å²) in [5.74, 6) is 0.356. The van der Waals surface area contributed by atoms with E-state index in [1.165, 1.54) is 0 Å². The normalized spacial score (nSPS) is 15.8. The molecule has 1 N–H and O–H groups in total. The third-order valence-electron chi connectivity index (χ3n) is 4.14. The molecule has 2 rings (SSSR count). The highest BCUT2D eigenvalue weighted by molar-refractivity contribution is 6.30. The van der Waals surface area contributed by atoms with Crippen molar-refractivity contribution in [2.45, 2.75) is 52.2 Å². The van der Waals surface area contributed by atoms with Gasteiger partial charge in [-0.15, -0.1) is 0 Å². The SMILES string of the molecule is CC(C)(C)OC(=O)N1CCC(CC(=O)NCc2ccc(Cl)cc2)CC1. The zero-order valence-electron chi connectivity index (χ0n) is 15.2. The molecule has 1 saturated heterocycles. The lowest BCUT2D eigenvalue weighted by Gasteiger charge is -2.33. The van der Waals surface area contributed by atoms with E-state index in [1.54, 1.807) is 4.90 Å². The highest BCUT2D eigenvalue weighted by Gasteiger charge is 2.27. The first kappa shape index (κ1) is 19.6. The monoisotopic (exact) mass is 366 g/mol. The Morgan fingerprint density at radius 1 is 1.20 bits per heavy atom. The van der Waals surface area contributed by atoms with E-state index in [0.29, 0.717) is 37.0 Å². The number of likely N-dealkylation sites (tertiary alicyclic amines) is 1. The fourth-order valence-corrected chi connectivity index (χ4v) is 2.91. The van der Waals surface area contributed by atoms with E-state index in [0.717, 1.165) is 18.4 Å². The molecule has 0 atom stereocenters. The van der Waals surface area contributed by atoms with Crippen LogP contribution in [0.25, 0.3) is 0 Å². The van der Waals surface area contributed by atoms with Crippen LogP contribution in [-0.2, 0) is 16.1 Å². The molecular formula is C19H27ClN2O3. The van der Waals surface area contributed by atoms with Crippen molar-refractivity contribution in [3.05, 3.63) is 34.9 Å². The third-order valence-corrected chi connectivity index (χ3v) is 4.40. The molecule has 2 amide bonds. The minimum atomic E-state index is -0.477. The van der Waals surface area contributed by atoms with E-state index in [-0.39, 0.29) is 12.0 Å². The molecule has 138 valence electrons. The molecule has 0 spiro atoms. The number of nitrogens with one attached hydrogen (secondary N) is 1. The van der Waals surface area contributed by atoms with Crippen molar-refractivity contribution >= 4 is 23.6 Å². The Balaban J connectivity index is 1.69. The molecule has 0 saturated carbocycles. The Morgan fingerprint density at radius 2 is 1.80 bits per heavy atom. The maximum Gasteiger partial charge on any atom is 0.410 e. The summed E-state index contributed by atoms with van der Waals surface area (Å²) in [4.78, 5) is 25.9. The molecule has 1 aromatic carbocycles. The number of piperidine rings is 1. The topological polar surface area (TPSA) is 58.6 Å². The number of rotatable bonds is 4. The van der Waals surface area contributed by atoms with Crippen LogP contribution in [0, 0.1) is 5.92 Å². The van der Waals surface area contributed by atoms with E-state index in [4.69, 9.17) is 16.3 Å². The first-order valence-electron chi connectivity index (χ1n) is 8.72. The van der Waals surface area contributed by atoms with E-state index < -0.39 is 5.60 Å². The smallest absolute Gasteiger partial charge is 0.410 e. The fourth-order valence-electron chi connectivity index (χ4n) is 2.78. The molecule has 1 aliphatic rings. The summed E-state index contributed by atoms with van der Waals surface area (Å²) in [5, 5.41) is 3.63. The number of nitrogens with zero attached hydrogens (tertiary/aromatic N) is 1. The van der Waals surface area contributed by atoms with Crippen LogP contribution in [0.4, 0.5) is 4.79 Å². The lowest BCUT2D eigenvalue weighted by Crippen LogP contribution is -2.42. The van der Waals surface area contributed by atoms with Crippen LogP contribution < -0.4 is 5.32 Å². The van der Waals surface area contributed by atoms with Crippen molar-refractivity contribution in [3.8, 4) is 0 Å². The zero-order chi connectivity index (χ0) is 18.4. The molecule has 6 heteroatoms. The minimum absolute atomic E-state index is 0.0469. The molecule has 1 heterocycles. The van der Waals surface area contributed by atoms with Gasteiger partial charge in [0, 0.05) is 31.1 Å². The van der Waals surface area contributed by atoms with Gasteiger partial charge >= 0.3 is 6.09 Å². The summed E-state index contributed by atoms with van der Waals surface area (Å²) >= 11 is 5.85. The van der Waals surface area contributed by atoms with Gasteiger partial charge in [-0.05, 0) is 57.2 Å². The second kappa shape index (κ2) is 8.56. The van der Waals surface area contributed by atoms with Gasteiger partial charge in [-0.3, -0.25) is 4.79 Å². The Kier molecular flexibility index (Phi) is 6.71. The van der Waals surface area contributed by atoms with Crippen molar-refractivity contribution in [3.63, 3.8) is 0 Å². The second-order valence-electron chi connectivity index (χ2n) is 7.52. The maximum atomic E-state index is 12.1. The summed E-state index contributed by atoms with van der Waals surface area (Å²) in [5.41, 5.74) is 0.549. The van der Waals surface area contributed by atoms with Crippen LogP contribution in [0.5, 0.6) is 0 Å². The maximum absolute atomic E-state index is 12.1. The number of carbonyl (C=O) groups excluding carboxylic acids is 2. The third kappa shape index (κ3) is 6.94. The summed E-state index contributed by atoms with van der Waals surface area (Å²) in [7, 11) is 0. The summed E-state index contributed by atoms with van der Waals surface area (Å²) in [6.45, 7) is 7.38. The van der Waals surface area contributed by atoms with Gasteiger partial charge in [-0.25, -0.2) is 4.79 Å². The Morgan fingerprint density at radius 3 is 2.36 bits per heavy atom. The standard InChI is InChI=1S/C19H27ClN2O3/c1-19(2,3)25-18(24)22-10-8-14(9-11-22)12-17(23)21-13-15-4-6-16(20)7-5-15/h4-7,14H,8-13H2,1-3H3,(H,21,23). The average molecular weight is 367 g/mol. The van der Waals surface area contributed by atoms with Gasteiger partial charge < -0.3 is 15.0 Å². The second-order valence-corrected chi connectivity index (χ2v) is 7.95.